The summed E-state index contributed by atoms with van der Waals surface area (Å²) < 4.78 is 0. The van der Waals surface area contributed by atoms with Crippen LogP contribution in [0.2, 0.25) is 0 Å². The molecule has 20 heavy (non-hydrogen) atoms. The van der Waals surface area contributed by atoms with Crippen LogP contribution in [0.4, 0.5) is 0 Å². The number of thiophene rings is 2. The monoisotopic (exact) mass is 306 g/mol. The first-order chi connectivity index (χ1) is 9.83. The van der Waals surface area contributed by atoms with E-state index in [4.69, 9.17) is 0 Å². The zero-order valence-electron chi connectivity index (χ0n) is 11.9. The van der Waals surface area contributed by atoms with Crippen molar-refractivity contribution in [2.24, 2.45) is 0 Å². The third-order valence-electron chi connectivity index (χ3n) is 3.82. The molecule has 1 saturated carbocycles. The molecule has 2 heterocycles. The van der Waals surface area contributed by atoms with Gasteiger partial charge in [-0.15, -0.1) is 22.7 Å². The summed E-state index contributed by atoms with van der Waals surface area (Å²) in [7, 11) is 0. The number of hydrogen-bond donors (Lipinski definition) is 1. The van der Waals surface area contributed by atoms with Gasteiger partial charge in [-0.25, -0.2) is 0 Å². The van der Waals surface area contributed by atoms with Gasteiger partial charge in [-0.3, -0.25) is 4.90 Å². The zero-order valence-corrected chi connectivity index (χ0v) is 13.6. The molecule has 0 spiro atoms. The van der Waals surface area contributed by atoms with Gasteiger partial charge < -0.3 is 5.32 Å². The Morgan fingerprint density at radius 2 is 1.90 bits per heavy atom. The van der Waals surface area contributed by atoms with Crippen LogP contribution >= 0.6 is 22.7 Å². The summed E-state index contributed by atoms with van der Waals surface area (Å²) in [6.45, 7) is 5.54. The van der Waals surface area contributed by atoms with E-state index in [1.165, 1.54) is 22.6 Å². The van der Waals surface area contributed by atoms with E-state index in [2.05, 4.69) is 52.2 Å². The van der Waals surface area contributed by atoms with Gasteiger partial charge in [0.2, 0.25) is 0 Å². The summed E-state index contributed by atoms with van der Waals surface area (Å²) in [5, 5.41) is 7.93. The molecular weight excluding hydrogens is 284 g/mol. The van der Waals surface area contributed by atoms with Crippen LogP contribution in [0, 0.1) is 0 Å². The van der Waals surface area contributed by atoms with Crippen molar-refractivity contribution in [3.63, 3.8) is 0 Å². The smallest absolute Gasteiger partial charge is 0.0334 e. The predicted octanol–water partition coefficient (Wildman–Crippen LogP) is 3.95. The normalized spacial score (nSPS) is 16.7. The Hall–Kier alpha value is -0.680. The van der Waals surface area contributed by atoms with Gasteiger partial charge in [-0.1, -0.05) is 12.1 Å². The minimum absolute atomic E-state index is 0.601. The van der Waals surface area contributed by atoms with E-state index in [1.54, 1.807) is 0 Å². The van der Waals surface area contributed by atoms with Crippen molar-refractivity contribution < 1.29 is 0 Å². The fourth-order valence-corrected chi connectivity index (χ4v) is 3.96. The molecular formula is C16H22N2S2. The number of rotatable bonds is 8. The third-order valence-corrected chi connectivity index (χ3v) is 5.56. The Kier molecular flexibility index (Phi) is 4.89. The van der Waals surface area contributed by atoms with Gasteiger partial charge in [-0.2, -0.15) is 0 Å². The minimum Gasteiger partial charge on any atom is -0.310 e. The van der Waals surface area contributed by atoms with E-state index in [9.17, 15) is 0 Å². The maximum absolute atomic E-state index is 3.60. The van der Waals surface area contributed by atoms with Gasteiger partial charge in [0, 0.05) is 41.5 Å². The summed E-state index contributed by atoms with van der Waals surface area (Å²) in [5.41, 5.74) is 0. The largest absolute Gasteiger partial charge is 0.310 e. The van der Waals surface area contributed by atoms with Crippen molar-refractivity contribution in [1.82, 2.24) is 10.2 Å². The van der Waals surface area contributed by atoms with E-state index < -0.39 is 0 Å². The second kappa shape index (κ2) is 6.85. The molecule has 0 radical (unpaired) electrons. The molecule has 1 aliphatic rings. The van der Waals surface area contributed by atoms with Crippen LogP contribution in [-0.4, -0.2) is 23.5 Å². The van der Waals surface area contributed by atoms with Crippen LogP contribution in [0.5, 0.6) is 0 Å². The van der Waals surface area contributed by atoms with Gasteiger partial charge in [0.25, 0.3) is 0 Å². The average Bonchev–Trinajstić information content (AvgIpc) is 2.93. The Labute approximate surface area is 129 Å². The van der Waals surface area contributed by atoms with Crippen LogP contribution < -0.4 is 5.32 Å². The molecule has 0 saturated heterocycles. The Morgan fingerprint density at radius 1 is 1.20 bits per heavy atom. The molecule has 1 atom stereocenters. The Bertz CT molecular complexity index is 489. The van der Waals surface area contributed by atoms with Gasteiger partial charge in [0.1, 0.15) is 0 Å². The molecule has 108 valence electrons. The molecule has 3 rings (SSSR count). The predicted molar refractivity (Wildman–Crippen MR) is 88.4 cm³/mol. The highest BCUT2D eigenvalue weighted by atomic mass is 32.1. The number of hydrogen-bond acceptors (Lipinski definition) is 4. The summed E-state index contributed by atoms with van der Waals surface area (Å²) in [6.07, 6.45) is 2.75. The molecule has 4 heteroatoms. The van der Waals surface area contributed by atoms with Crippen molar-refractivity contribution in [1.29, 1.82) is 0 Å². The zero-order chi connectivity index (χ0) is 13.8. The van der Waals surface area contributed by atoms with Crippen LogP contribution in [0.1, 0.15) is 29.5 Å². The lowest BCUT2D eigenvalue weighted by atomic mass is 10.2. The first-order valence-electron chi connectivity index (χ1n) is 7.34. The molecule has 0 aliphatic heterocycles. The van der Waals surface area contributed by atoms with E-state index in [0.717, 1.165) is 25.7 Å². The molecule has 0 bridgehead atoms. The summed E-state index contributed by atoms with van der Waals surface area (Å²) in [4.78, 5) is 5.59. The molecule has 0 amide bonds. The lowest BCUT2D eigenvalue weighted by molar-refractivity contribution is 0.187. The lowest BCUT2D eigenvalue weighted by Crippen LogP contribution is -2.41. The molecule has 1 aliphatic carbocycles. The van der Waals surface area contributed by atoms with Crippen LogP contribution in [0.3, 0.4) is 0 Å². The SMILES string of the molecule is CC(CNCc1cccs1)N(Cc1cccs1)C1CC1. The lowest BCUT2D eigenvalue weighted by Gasteiger charge is -2.29. The van der Waals surface area contributed by atoms with Gasteiger partial charge in [0.15, 0.2) is 0 Å². The minimum atomic E-state index is 0.601. The molecule has 1 fully saturated rings. The summed E-state index contributed by atoms with van der Waals surface area (Å²) >= 11 is 3.71. The molecule has 1 N–H and O–H groups in total. The number of nitrogens with one attached hydrogen (secondary N) is 1. The molecule has 1 unspecified atom stereocenters. The van der Waals surface area contributed by atoms with E-state index in [0.29, 0.717) is 6.04 Å². The molecule has 0 aromatic carbocycles. The number of nitrogens with zero attached hydrogens (tertiary/aromatic N) is 1. The Balaban J connectivity index is 1.49. The Morgan fingerprint density at radius 3 is 2.50 bits per heavy atom. The van der Waals surface area contributed by atoms with Crippen LogP contribution in [0.25, 0.3) is 0 Å². The van der Waals surface area contributed by atoms with Gasteiger partial charge in [0.05, 0.1) is 0 Å². The molecule has 2 aromatic rings. The summed E-state index contributed by atoms with van der Waals surface area (Å²) in [5.74, 6) is 0. The highest BCUT2D eigenvalue weighted by Crippen LogP contribution is 2.30. The fraction of sp³-hybridized carbons (Fsp3) is 0.500. The highest BCUT2D eigenvalue weighted by molar-refractivity contribution is 7.10. The fourth-order valence-electron chi connectivity index (χ4n) is 2.57. The van der Waals surface area contributed by atoms with Crippen LogP contribution in [-0.2, 0) is 13.1 Å². The van der Waals surface area contributed by atoms with Crippen molar-refractivity contribution in [2.75, 3.05) is 6.54 Å². The third kappa shape index (κ3) is 3.92. The van der Waals surface area contributed by atoms with E-state index >= 15 is 0 Å². The van der Waals surface area contributed by atoms with Crippen molar-refractivity contribution in [2.45, 2.75) is 44.9 Å². The summed E-state index contributed by atoms with van der Waals surface area (Å²) in [6, 6.07) is 10.2. The maximum Gasteiger partial charge on any atom is 0.0334 e. The maximum atomic E-state index is 3.60. The van der Waals surface area contributed by atoms with Gasteiger partial charge in [-0.05, 0) is 42.7 Å². The second-order valence-electron chi connectivity index (χ2n) is 5.54. The molecule has 2 nitrogen and oxygen atoms in total. The standard InChI is InChI=1S/C16H22N2S2/c1-13(10-17-11-15-4-2-8-19-15)18(14-6-7-14)12-16-5-3-9-20-16/h2-5,8-9,13-14,17H,6-7,10-12H2,1H3. The van der Waals surface area contributed by atoms with E-state index in [1.807, 2.05) is 22.7 Å². The molecule has 2 aromatic heterocycles. The van der Waals surface area contributed by atoms with Crippen molar-refractivity contribution >= 4 is 22.7 Å². The van der Waals surface area contributed by atoms with E-state index in [-0.39, 0.29) is 0 Å². The first-order valence-corrected chi connectivity index (χ1v) is 9.10. The second-order valence-corrected chi connectivity index (χ2v) is 7.61. The van der Waals surface area contributed by atoms with Gasteiger partial charge >= 0.3 is 0 Å². The van der Waals surface area contributed by atoms with Crippen LogP contribution in [0.15, 0.2) is 35.0 Å². The van der Waals surface area contributed by atoms with Crippen molar-refractivity contribution in [3.05, 3.63) is 44.8 Å². The first kappa shape index (κ1) is 14.3. The quantitative estimate of drug-likeness (QED) is 0.794. The average molecular weight is 307 g/mol. The highest BCUT2D eigenvalue weighted by Gasteiger charge is 2.32. The topological polar surface area (TPSA) is 15.3 Å². The van der Waals surface area contributed by atoms with Crippen molar-refractivity contribution in [3.8, 4) is 0 Å².